The van der Waals surface area contributed by atoms with E-state index in [2.05, 4.69) is 0 Å². The van der Waals surface area contributed by atoms with Gasteiger partial charge in [-0.3, -0.25) is 4.79 Å². The summed E-state index contributed by atoms with van der Waals surface area (Å²) in [6, 6.07) is 7.01. The number of fused-ring (bicyclic) bond motifs is 1. The molecular weight excluding hydrogens is 154 g/mol. The lowest BCUT2D eigenvalue weighted by atomic mass is 10.1. The summed E-state index contributed by atoms with van der Waals surface area (Å²) in [5.41, 5.74) is 1.18. The highest BCUT2D eigenvalue weighted by Crippen LogP contribution is 2.28. The van der Waals surface area contributed by atoms with Crippen molar-refractivity contribution in [2.75, 3.05) is 7.05 Å². The smallest absolute Gasteiger partial charge is 0.256 e. The number of benzene rings is 1. The number of aliphatic hydroxyl groups excluding tert-OH is 1. The van der Waals surface area contributed by atoms with Crippen LogP contribution in [0.1, 0.15) is 15.9 Å². The van der Waals surface area contributed by atoms with E-state index in [0.29, 0.717) is 11.1 Å². The van der Waals surface area contributed by atoms with Crippen LogP contribution in [0.4, 0.5) is 0 Å². The highest BCUT2D eigenvalue weighted by molar-refractivity contribution is 6.00. The highest BCUT2D eigenvalue weighted by atomic mass is 16.3. The summed E-state index contributed by atoms with van der Waals surface area (Å²) >= 11 is 0. The molecule has 0 saturated carbocycles. The molecule has 1 aromatic rings. The van der Waals surface area contributed by atoms with E-state index in [4.69, 9.17) is 0 Å². The molecule has 2 rings (SSSR count). The zero-order valence-electron chi connectivity index (χ0n) is 6.61. The van der Waals surface area contributed by atoms with Gasteiger partial charge in [0.15, 0.2) is 0 Å². The molecule has 61 valence electrons. The molecule has 0 bridgehead atoms. The van der Waals surface area contributed by atoms with Gasteiger partial charge in [-0.15, -0.1) is 0 Å². The van der Waals surface area contributed by atoms with Crippen LogP contribution in [0.15, 0.2) is 24.3 Å². The van der Waals surface area contributed by atoms with Gasteiger partial charge in [0.25, 0.3) is 5.91 Å². The molecule has 1 radical (unpaired) electrons. The van der Waals surface area contributed by atoms with E-state index in [0.717, 1.165) is 0 Å². The van der Waals surface area contributed by atoms with Crippen molar-refractivity contribution in [1.82, 2.24) is 4.90 Å². The lowest BCUT2D eigenvalue weighted by molar-refractivity contribution is 0.0739. The number of carbonyl (C=O) groups excluding carboxylic acids is 1. The zero-order chi connectivity index (χ0) is 8.72. The third kappa shape index (κ3) is 0.769. The SMILES string of the molecule is CN1[C](O)c2ccccc2C1=O. The summed E-state index contributed by atoms with van der Waals surface area (Å²) in [4.78, 5) is 12.6. The second kappa shape index (κ2) is 2.32. The van der Waals surface area contributed by atoms with Crippen molar-refractivity contribution >= 4 is 5.91 Å². The summed E-state index contributed by atoms with van der Waals surface area (Å²) in [6.07, 6.45) is 0.0376. The van der Waals surface area contributed by atoms with Crippen LogP contribution in [-0.2, 0) is 0 Å². The van der Waals surface area contributed by atoms with Gasteiger partial charge in [0.05, 0.1) is 0 Å². The zero-order valence-corrected chi connectivity index (χ0v) is 6.61. The number of hydrogen-bond donors (Lipinski definition) is 1. The lowest BCUT2D eigenvalue weighted by Crippen LogP contribution is -2.23. The van der Waals surface area contributed by atoms with E-state index in [1.54, 1.807) is 31.3 Å². The van der Waals surface area contributed by atoms with E-state index < -0.39 is 0 Å². The first-order chi connectivity index (χ1) is 5.72. The van der Waals surface area contributed by atoms with E-state index in [-0.39, 0.29) is 12.1 Å². The van der Waals surface area contributed by atoms with E-state index in [9.17, 15) is 9.90 Å². The standard InChI is InChI=1S/C9H8NO2/c1-10-8(11)6-4-2-3-5-7(6)9(10)12/h2-5,11H,1H3. The lowest BCUT2D eigenvalue weighted by Gasteiger charge is -2.11. The molecule has 0 atom stereocenters. The van der Waals surface area contributed by atoms with Crippen molar-refractivity contribution < 1.29 is 9.90 Å². The van der Waals surface area contributed by atoms with Crippen molar-refractivity contribution in [3.05, 3.63) is 41.6 Å². The predicted molar refractivity (Wildman–Crippen MR) is 42.8 cm³/mol. The molecule has 1 amide bonds. The molecule has 0 aromatic heterocycles. The Bertz CT molecular complexity index is 335. The third-order valence-corrected chi connectivity index (χ3v) is 2.02. The first kappa shape index (κ1) is 7.31. The van der Waals surface area contributed by atoms with Crippen LogP contribution in [0.5, 0.6) is 0 Å². The highest BCUT2D eigenvalue weighted by Gasteiger charge is 2.33. The van der Waals surface area contributed by atoms with Crippen LogP contribution < -0.4 is 0 Å². The van der Waals surface area contributed by atoms with Gasteiger partial charge < -0.3 is 10.0 Å². The average molecular weight is 162 g/mol. The van der Waals surface area contributed by atoms with Gasteiger partial charge >= 0.3 is 0 Å². The largest absolute Gasteiger partial charge is 0.363 e. The van der Waals surface area contributed by atoms with E-state index >= 15 is 0 Å². The number of rotatable bonds is 0. The molecule has 1 heterocycles. The number of aliphatic hydroxyl groups is 1. The third-order valence-electron chi connectivity index (χ3n) is 2.02. The monoisotopic (exact) mass is 162 g/mol. The van der Waals surface area contributed by atoms with Gasteiger partial charge in [-0.25, -0.2) is 0 Å². The second-order valence-electron chi connectivity index (χ2n) is 2.73. The van der Waals surface area contributed by atoms with Crippen molar-refractivity contribution in [2.24, 2.45) is 0 Å². The van der Waals surface area contributed by atoms with Crippen LogP contribution in [-0.4, -0.2) is 23.0 Å². The minimum Gasteiger partial charge on any atom is -0.363 e. The molecule has 0 unspecified atom stereocenters. The van der Waals surface area contributed by atoms with Gasteiger partial charge in [0.1, 0.15) is 0 Å². The maximum absolute atomic E-state index is 11.4. The van der Waals surface area contributed by atoms with Gasteiger partial charge in [0.2, 0.25) is 6.23 Å². The molecule has 1 aromatic carbocycles. The van der Waals surface area contributed by atoms with Gasteiger partial charge in [-0.1, -0.05) is 18.2 Å². The van der Waals surface area contributed by atoms with Crippen molar-refractivity contribution in [2.45, 2.75) is 0 Å². The van der Waals surface area contributed by atoms with Crippen molar-refractivity contribution in [3.8, 4) is 0 Å². The second-order valence-corrected chi connectivity index (χ2v) is 2.73. The maximum Gasteiger partial charge on any atom is 0.256 e. The normalized spacial score (nSPS) is 16.8. The molecule has 1 aliphatic rings. The molecule has 3 heteroatoms. The molecule has 12 heavy (non-hydrogen) atoms. The van der Waals surface area contributed by atoms with Crippen molar-refractivity contribution in [1.29, 1.82) is 0 Å². The molecule has 0 aliphatic carbocycles. The molecule has 3 nitrogen and oxygen atoms in total. The first-order valence-corrected chi connectivity index (χ1v) is 3.65. The number of carbonyl (C=O) groups is 1. The molecule has 0 saturated heterocycles. The number of hydrogen-bond acceptors (Lipinski definition) is 2. The van der Waals surface area contributed by atoms with Crippen LogP contribution in [0, 0.1) is 6.23 Å². The summed E-state index contributed by atoms with van der Waals surface area (Å²) < 4.78 is 0. The Balaban J connectivity index is 2.59. The Kier molecular flexibility index (Phi) is 1.41. The van der Waals surface area contributed by atoms with Crippen LogP contribution >= 0.6 is 0 Å². The Hall–Kier alpha value is -1.35. The fourth-order valence-electron chi connectivity index (χ4n) is 1.32. The summed E-state index contributed by atoms with van der Waals surface area (Å²) in [7, 11) is 1.55. The first-order valence-electron chi connectivity index (χ1n) is 3.65. The van der Waals surface area contributed by atoms with E-state index in [1.807, 2.05) is 0 Å². The molecular formula is C9H8NO2. The maximum atomic E-state index is 11.4. The summed E-state index contributed by atoms with van der Waals surface area (Å²) in [5, 5.41) is 9.44. The summed E-state index contributed by atoms with van der Waals surface area (Å²) in [6.45, 7) is 0. The van der Waals surface area contributed by atoms with Crippen molar-refractivity contribution in [3.63, 3.8) is 0 Å². The molecule has 1 N–H and O–H groups in total. The minimum absolute atomic E-state index is 0.0376. The van der Waals surface area contributed by atoms with Crippen LogP contribution in [0.3, 0.4) is 0 Å². The molecule has 1 aliphatic heterocycles. The number of nitrogens with zero attached hydrogens (tertiary/aromatic N) is 1. The Morgan fingerprint density at radius 3 is 2.42 bits per heavy atom. The molecule has 0 spiro atoms. The summed E-state index contributed by atoms with van der Waals surface area (Å²) in [5.74, 6) is -0.150. The fourth-order valence-corrected chi connectivity index (χ4v) is 1.32. The number of amides is 1. The Labute approximate surface area is 70.2 Å². The van der Waals surface area contributed by atoms with Gasteiger partial charge in [-0.05, 0) is 6.07 Å². The van der Waals surface area contributed by atoms with Crippen LogP contribution in [0.2, 0.25) is 0 Å². The fraction of sp³-hybridized carbons (Fsp3) is 0.111. The van der Waals surface area contributed by atoms with Gasteiger partial charge in [0, 0.05) is 18.2 Å². The Morgan fingerprint density at radius 2 is 1.83 bits per heavy atom. The van der Waals surface area contributed by atoms with Crippen LogP contribution in [0.25, 0.3) is 0 Å². The minimum atomic E-state index is -0.150. The predicted octanol–water partition coefficient (Wildman–Crippen LogP) is 0.982. The Morgan fingerprint density at radius 1 is 1.25 bits per heavy atom. The topological polar surface area (TPSA) is 40.5 Å². The van der Waals surface area contributed by atoms with E-state index in [1.165, 1.54) is 4.90 Å². The molecule has 0 fully saturated rings. The van der Waals surface area contributed by atoms with Gasteiger partial charge in [-0.2, -0.15) is 0 Å². The average Bonchev–Trinajstić information content (AvgIpc) is 2.33. The quantitative estimate of drug-likeness (QED) is 0.617.